The lowest BCUT2D eigenvalue weighted by Crippen LogP contribution is -2.06. The average Bonchev–Trinajstić information content (AvgIpc) is 2.73. The maximum absolute atomic E-state index is 11.1. The number of hydrogen-bond donors (Lipinski definition) is 0. The fraction of sp³-hybridized carbons (Fsp3) is 0.375. The van der Waals surface area contributed by atoms with Crippen LogP contribution in [0.3, 0.4) is 0 Å². The van der Waals surface area contributed by atoms with Crippen LogP contribution in [0.15, 0.2) is 54.6 Å². The van der Waals surface area contributed by atoms with Gasteiger partial charge in [0.05, 0.1) is 7.11 Å². The number of benzene rings is 2. The van der Waals surface area contributed by atoms with Crippen molar-refractivity contribution in [3.63, 3.8) is 0 Å². The quantitative estimate of drug-likeness (QED) is 0.414. The van der Waals surface area contributed by atoms with Gasteiger partial charge in [-0.1, -0.05) is 68.7 Å². The largest absolute Gasteiger partial charge is 0.513 e. The molecule has 1 aliphatic rings. The van der Waals surface area contributed by atoms with Gasteiger partial charge in [-0.2, -0.15) is 0 Å². The summed E-state index contributed by atoms with van der Waals surface area (Å²) >= 11 is 0. The van der Waals surface area contributed by atoms with Gasteiger partial charge in [-0.25, -0.2) is 4.79 Å². The summed E-state index contributed by atoms with van der Waals surface area (Å²) < 4.78 is 9.52. The molecule has 0 fully saturated rings. The van der Waals surface area contributed by atoms with Gasteiger partial charge in [-0.3, -0.25) is 0 Å². The summed E-state index contributed by atoms with van der Waals surface area (Å²) in [6.07, 6.45) is 9.48. The van der Waals surface area contributed by atoms with E-state index in [4.69, 9.17) is 4.74 Å². The van der Waals surface area contributed by atoms with Crippen LogP contribution in [0.1, 0.15) is 51.0 Å². The average molecular weight is 364 g/mol. The first-order valence-electron chi connectivity index (χ1n) is 9.85. The van der Waals surface area contributed by atoms with E-state index in [1.807, 2.05) is 12.1 Å². The molecule has 0 spiro atoms. The Bertz CT molecular complexity index is 772. The predicted octanol–water partition coefficient (Wildman–Crippen LogP) is 6.87. The molecule has 3 nitrogen and oxygen atoms in total. The number of carbonyl (C=O) groups excluding carboxylic acids is 1. The lowest BCUT2D eigenvalue weighted by atomic mass is 9.84. The Hall–Kier alpha value is -2.55. The molecule has 3 rings (SSSR count). The highest BCUT2D eigenvalue weighted by Gasteiger charge is 2.15. The minimum atomic E-state index is -0.704. The molecule has 2 aromatic rings. The van der Waals surface area contributed by atoms with Gasteiger partial charge in [0, 0.05) is 0 Å². The summed E-state index contributed by atoms with van der Waals surface area (Å²) in [6.45, 7) is 2.27. The first kappa shape index (κ1) is 19.2. The van der Waals surface area contributed by atoms with Crippen LogP contribution in [-0.4, -0.2) is 13.3 Å². The topological polar surface area (TPSA) is 35.5 Å². The van der Waals surface area contributed by atoms with Gasteiger partial charge in [0.2, 0.25) is 0 Å². The Morgan fingerprint density at radius 2 is 1.63 bits per heavy atom. The number of hydrogen-bond acceptors (Lipinski definition) is 3. The van der Waals surface area contributed by atoms with E-state index in [1.165, 1.54) is 56.8 Å². The zero-order valence-corrected chi connectivity index (χ0v) is 16.2. The van der Waals surface area contributed by atoms with Crippen LogP contribution in [0.2, 0.25) is 0 Å². The lowest BCUT2D eigenvalue weighted by Gasteiger charge is -2.22. The van der Waals surface area contributed by atoms with Crippen molar-refractivity contribution >= 4 is 11.7 Å². The molecule has 0 heterocycles. The highest BCUT2D eigenvalue weighted by atomic mass is 16.7. The molecule has 1 atom stereocenters. The number of ether oxygens (including phenoxy) is 2. The van der Waals surface area contributed by atoms with E-state index in [9.17, 15) is 4.79 Å². The highest BCUT2D eigenvalue weighted by Crippen LogP contribution is 2.33. The standard InChI is InChI=1S/C24H28O3/c1-3-4-5-18-6-8-19(9-7-18)20-10-12-21(13-11-20)22-14-16-23(17-15-22)27-24(25)26-2/h8,10-18H,3-7,9H2,1-2H3. The fourth-order valence-corrected chi connectivity index (χ4v) is 3.64. The molecule has 27 heavy (non-hydrogen) atoms. The third-order valence-corrected chi connectivity index (χ3v) is 5.30. The maximum Gasteiger partial charge on any atom is 0.513 e. The zero-order chi connectivity index (χ0) is 19.1. The Labute approximate surface area is 162 Å². The predicted molar refractivity (Wildman–Crippen MR) is 110 cm³/mol. The van der Waals surface area contributed by atoms with Crippen molar-refractivity contribution in [2.75, 3.05) is 7.11 Å². The summed E-state index contributed by atoms with van der Waals surface area (Å²) in [5.41, 5.74) is 5.06. The molecular formula is C24H28O3. The molecule has 0 bridgehead atoms. The molecular weight excluding hydrogens is 336 g/mol. The van der Waals surface area contributed by atoms with Crippen molar-refractivity contribution in [3.8, 4) is 16.9 Å². The van der Waals surface area contributed by atoms with Crippen molar-refractivity contribution in [1.82, 2.24) is 0 Å². The van der Waals surface area contributed by atoms with Gasteiger partial charge in [-0.05, 0) is 59.6 Å². The third kappa shape index (κ3) is 5.22. The van der Waals surface area contributed by atoms with Gasteiger partial charge in [-0.15, -0.1) is 0 Å². The molecule has 142 valence electrons. The SMILES string of the molecule is CCCCC1CC=C(c2ccc(-c3ccc(OC(=O)OC)cc3)cc2)CC1. The fourth-order valence-electron chi connectivity index (χ4n) is 3.64. The van der Waals surface area contributed by atoms with Crippen LogP contribution in [0, 0.1) is 5.92 Å². The molecule has 0 aromatic heterocycles. The molecule has 0 saturated carbocycles. The van der Waals surface area contributed by atoms with Crippen LogP contribution in [-0.2, 0) is 4.74 Å². The second-order valence-corrected chi connectivity index (χ2v) is 7.17. The van der Waals surface area contributed by atoms with Crippen LogP contribution < -0.4 is 4.74 Å². The Kier molecular flexibility index (Phi) is 6.69. The highest BCUT2D eigenvalue weighted by molar-refractivity contribution is 5.71. The van der Waals surface area contributed by atoms with Crippen molar-refractivity contribution in [2.45, 2.75) is 45.4 Å². The number of unbranched alkanes of at least 4 members (excludes halogenated alkanes) is 1. The molecule has 1 aliphatic carbocycles. The summed E-state index contributed by atoms with van der Waals surface area (Å²) in [5, 5.41) is 0. The molecule has 0 radical (unpaired) electrons. The summed E-state index contributed by atoms with van der Waals surface area (Å²) in [5.74, 6) is 1.35. The minimum absolute atomic E-state index is 0.479. The van der Waals surface area contributed by atoms with E-state index < -0.39 is 6.16 Å². The van der Waals surface area contributed by atoms with Crippen LogP contribution in [0.25, 0.3) is 16.7 Å². The van der Waals surface area contributed by atoms with Crippen LogP contribution in [0.5, 0.6) is 5.75 Å². The lowest BCUT2D eigenvalue weighted by molar-refractivity contribution is 0.121. The Morgan fingerprint density at radius 1 is 1.00 bits per heavy atom. The van der Waals surface area contributed by atoms with E-state index in [0.717, 1.165) is 17.0 Å². The van der Waals surface area contributed by atoms with E-state index in [2.05, 4.69) is 42.0 Å². The second kappa shape index (κ2) is 9.40. The molecule has 2 aromatic carbocycles. The van der Waals surface area contributed by atoms with Gasteiger partial charge in [0.15, 0.2) is 0 Å². The van der Waals surface area contributed by atoms with E-state index >= 15 is 0 Å². The summed E-state index contributed by atoms with van der Waals surface area (Å²) in [4.78, 5) is 11.1. The zero-order valence-electron chi connectivity index (χ0n) is 16.2. The molecule has 3 heteroatoms. The summed E-state index contributed by atoms with van der Waals surface area (Å²) in [6, 6.07) is 16.2. The van der Waals surface area contributed by atoms with E-state index in [1.54, 1.807) is 12.1 Å². The van der Waals surface area contributed by atoms with Gasteiger partial charge in [0.1, 0.15) is 5.75 Å². The number of rotatable bonds is 6. The molecule has 0 saturated heterocycles. The first-order valence-corrected chi connectivity index (χ1v) is 9.85. The molecule has 0 amide bonds. The number of methoxy groups -OCH3 is 1. The minimum Gasteiger partial charge on any atom is -0.437 e. The van der Waals surface area contributed by atoms with Gasteiger partial charge >= 0.3 is 6.16 Å². The number of allylic oxidation sites excluding steroid dienone is 2. The molecule has 1 unspecified atom stereocenters. The van der Waals surface area contributed by atoms with E-state index in [-0.39, 0.29) is 0 Å². The smallest absolute Gasteiger partial charge is 0.437 e. The van der Waals surface area contributed by atoms with Crippen molar-refractivity contribution in [1.29, 1.82) is 0 Å². The Morgan fingerprint density at radius 3 is 2.19 bits per heavy atom. The van der Waals surface area contributed by atoms with E-state index in [0.29, 0.717) is 5.75 Å². The molecule has 0 N–H and O–H groups in total. The van der Waals surface area contributed by atoms with Crippen molar-refractivity contribution in [2.24, 2.45) is 5.92 Å². The van der Waals surface area contributed by atoms with Crippen LogP contribution >= 0.6 is 0 Å². The van der Waals surface area contributed by atoms with Crippen molar-refractivity contribution in [3.05, 3.63) is 60.2 Å². The van der Waals surface area contributed by atoms with Gasteiger partial charge in [0.25, 0.3) is 0 Å². The monoisotopic (exact) mass is 364 g/mol. The Balaban J connectivity index is 1.64. The number of carbonyl (C=O) groups is 1. The summed E-state index contributed by atoms with van der Waals surface area (Å²) in [7, 11) is 1.30. The van der Waals surface area contributed by atoms with Crippen molar-refractivity contribution < 1.29 is 14.3 Å². The van der Waals surface area contributed by atoms with Crippen LogP contribution in [0.4, 0.5) is 4.79 Å². The maximum atomic E-state index is 11.1. The molecule has 0 aliphatic heterocycles. The second-order valence-electron chi connectivity index (χ2n) is 7.17. The normalized spacial score (nSPS) is 16.5. The third-order valence-electron chi connectivity index (χ3n) is 5.30. The first-order chi connectivity index (χ1) is 13.2. The van der Waals surface area contributed by atoms with Gasteiger partial charge < -0.3 is 9.47 Å².